The Morgan fingerprint density at radius 1 is 1.40 bits per heavy atom. The maximum absolute atomic E-state index is 12.1. The summed E-state index contributed by atoms with van der Waals surface area (Å²) in [5, 5.41) is 7.45. The van der Waals surface area contributed by atoms with Gasteiger partial charge >= 0.3 is 0 Å². The molecule has 1 rings (SSSR count). The largest absolute Gasteiger partial charge is 0.383 e. The number of halogens is 1. The fourth-order valence-electron chi connectivity index (χ4n) is 1.75. The van der Waals surface area contributed by atoms with Crippen LogP contribution in [0.2, 0.25) is 0 Å². The van der Waals surface area contributed by atoms with Crippen molar-refractivity contribution < 1.29 is 0 Å². The Bertz CT molecular complexity index is 485. The van der Waals surface area contributed by atoms with Crippen molar-refractivity contribution in [3.63, 3.8) is 0 Å². The minimum Gasteiger partial charge on any atom is -0.383 e. The van der Waals surface area contributed by atoms with Crippen LogP contribution in [0, 0.1) is 0 Å². The fourth-order valence-corrected chi connectivity index (χ4v) is 2.17. The van der Waals surface area contributed by atoms with E-state index in [-0.39, 0.29) is 11.6 Å². The van der Waals surface area contributed by atoms with Gasteiger partial charge in [0.25, 0.3) is 5.56 Å². The van der Waals surface area contributed by atoms with Gasteiger partial charge in [0.05, 0.1) is 17.9 Å². The van der Waals surface area contributed by atoms with E-state index in [9.17, 15) is 4.79 Å². The molecule has 0 spiro atoms. The molecule has 0 aromatic carbocycles. The summed E-state index contributed by atoms with van der Waals surface area (Å²) in [6, 6.07) is 0.617. The topological polar surface area (TPSA) is 50.2 Å². The highest BCUT2D eigenvalue weighted by atomic mass is 79.9. The molecule has 0 fully saturated rings. The zero-order chi connectivity index (χ0) is 15.3. The third kappa shape index (κ3) is 4.59. The first-order valence-electron chi connectivity index (χ1n) is 7.06. The van der Waals surface area contributed by atoms with Crippen molar-refractivity contribution in [2.75, 3.05) is 25.5 Å². The van der Waals surface area contributed by atoms with Crippen LogP contribution in [0.25, 0.3) is 0 Å². The lowest BCUT2D eigenvalue weighted by Gasteiger charge is -2.21. The first-order valence-corrected chi connectivity index (χ1v) is 7.85. The molecule has 6 heteroatoms. The van der Waals surface area contributed by atoms with Crippen molar-refractivity contribution in [2.45, 2.75) is 46.2 Å². The van der Waals surface area contributed by atoms with Crippen molar-refractivity contribution >= 4 is 21.6 Å². The smallest absolute Gasteiger partial charge is 0.283 e. The highest BCUT2D eigenvalue weighted by Gasteiger charge is 2.10. The summed E-state index contributed by atoms with van der Waals surface area (Å²) in [7, 11) is 2.12. The quantitative estimate of drug-likeness (QED) is 0.772. The molecule has 0 amide bonds. The zero-order valence-corrected chi connectivity index (χ0v) is 14.6. The SMILES string of the molecule is CC(C)N(C)CCCNc1cnn(C(C)C)c(=O)c1Br. The second-order valence-corrected chi connectivity index (χ2v) is 6.36. The van der Waals surface area contributed by atoms with Crippen LogP contribution in [0.4, 0.5) is 5.69 Å². The average molecular weight is 345 g/mol. The molecular formula is C14H25BrN4O. The van der Waals surface area contributed by atoms with Crippen LogP contribution in [-0.2, 0) is 0 Å². The van der Waals surface area contributed by atoms with Gasteiger partial charge in [0.2, 0.25) is 0 Å². The number of nitrogens with one attached hydrogen (secondary N) is 1. The minimum atomic E-state index is -0.0932. The van der Waals surface area contributed by atoms with Crippen molar-refractivity contribution in [3.05, 3.63) is 21.0 Å². The molecule has 0 saturated heterocycles. The lowest BCUT2D eigenvalue weighted by Crippen LogP contribution is -2.29. The van der Waals surface area contributed by atoms with Gasteiger partial charge in [-0.2, -0.15) is 5.10 Å². The van der Waals surface area contributed by atoms with E-state index in [1.807, 2.05) is 13.8 Å². The molecule has 1 N–H and O–H groups in total. The van der Waals surface area contributed by atoms with Crippen LogP contribution in [0.15, 0.2) is 15.5 Å². The summed E-state index contributed by atoms with van der Waals surface area (Å²) in [5.74, 6) is 0. The monoisotopic (exact) mass is 344 g/mol. The first-order chi connectivity index (χ1) is 9.34. The predicted octanol–water partition coefficient (Wildman–Crippen LogP) is 2.73. The molecule has 114 valence electrons. The summed E-state index contributed by atoms with van der Waals surface area (Å²) in [4.78, 5) is 14.4. The molecule has 0 radical (unpaired) electrons. The van der Waals surface area contributed by atoms with E-state index < -0.39 is 0 Å². The van der Waals surface area contributed by atoms with Crippen LogP contribution < -0.4 is 10.9 Å². The van der Waals surface area contributed by atoms with Crippen LogP contribution >= 0.6 is 15.9 Å². The summed E-state index contributed by atoms with van der Waals surface area (Å²) < 4.78 is 2.03. The molecule has 0 bridgehead atoms. The van der Waals surface area contributed by atoms with E-state index in [4.69, 9.17) is 0 Å². The summed E-state index contributed by atoms with van der Waals surface area (Å²) in [6.45, 7) is 10.1. The van der Waals surface area contributed by atoms with Gasteiger partial charge < -0.3 is 10.2 Å². The van der Waals surface area contributed by atoms with Gasteiger partial charge in [0.15, 0.2) is 0 Å². The minimum absolute atomic E-state index is 0.0625. The molecule has 0 aliphatic carbocycles. The molecule has 1 aromatic rings. The van der Waals surface area contributed by atoms with E-state index >= 15 is 0 Å². The van der Waals surface area contributed by atoms with Crippen LogP contribution in [0.3, 0.4) is 0 Å². The second-order valence-electron chi connectivity index (χ2n) is 5.57. The summed E-state index contributed by atoms with van der Waals surface area (Å²) in [6.07, 6.45) is 2.73. The van der Waals surface area contributed by atoms with Gasteiger partial charge in [-0.1, -0.05) is 0 Å². The van der Waals surface area contributed by atoms with Gasteiger partial charge in [-0.05, 0) is 63.6 Å². The van der Waals surface area contributed by atoms with Crippen molar-refractivity contribution in [2.24, 2.45) is 0 Å². The van der Waals surface area contributed by atoms with Gasteiger partial charge in [-0.15, -0.1) is 0 Å². The van der Waals surface area contributed by atoms with E-state index in [1.54, 1.807) is 6.20 Å². The number of nitrogens with zero attached hydrogens (tertiary/aromatic N) is 3. The molecule has 0 aliphatic rings. The van der Waals surface area contributed by atoms with E-state index in [0.717, 1.165) is 25.2 Å². The molecule has 0 unspecified atom stereocenters. The van der Waals surface area contributed by atoms with Crippen LogP contribution in [0.1, 0.15) is 40.2 Å². The number of hydrogen-bond acceptors (Lipinski definition) is 4. The van der Waals surface area contributed by atoms with Gasteiger partial charge in [-0.25, -0.2) is 4.68 Å². The van der Waals surface area contributed by atoms with Gasteiger partial charge in [0.1, 0.15) is 4.47 Å². The van der Waals surface area contributed by atoms with Crippen LogP contribution in [-0.4, -0.2) is 40.9 Å². The maximum atomic E-state index is 12.1. The third-order valence-electron chi connectivity index (χ3n) is 3.32. The molecule has 0 aliphatic heterocycles. The average Bonchev–Trinajstić information content (AvgIpc) is 2.38. The predicted molar refractivity (Wildman–Crippen MR) is 87.5 cm³/mol. The highest BCUT2D eigenvalue weighted by molar-refractivity contribution is 9.10. The normalized spacial score (nSPS) is 11.7. The Balaban J connectivity index is 2.58. The molecule has 1 aromatic heterocycles. The van der Waals surface area contributed by atoms with Gasteiger partial charge in [-0.3, -0.25) is 4.79 Å². The Kier molecular flexibility index (Phi) is 6.68. The fraction of sp³-hybridized carbons (Fsp3) is 0.714. The highest BCUT2D eigenvalue weighted by Crippen LogP contribution is 2.17. The molecule has 5 nitrogen and oxygen atoms in total. The third-order valence-corrected chi connectivity index (χ3v) is 4.08. The lowest BCUT2D eigenvalue weighted by molar-refractivity contribution is 0.273. The van der Waals surface area contributed by atoms with Gasteiger partial charge in [0, 0.05) is 12.6 Å². The molecule has 1 heterocycles. The standard InChI is InChI=1S/C14H25BrN4O/c1-10(2)18(5)8-6-7-16-12-9-17-19(11(3)4)14(20)13(12)15/h9-11,16H,6-8H2,1-5H3. The second kappa shape index (κ2) is 7.78. The Morgan fingerprint density at radius 3 is 2.60 bits per heavy atom. The molecule has 0 saturated carbocycles. The number of anilines is 1. The van der Waals surface area contributed by atoms with Crippen LogP contribution in [0.5, 0.6) is 0 Å². The number of aromatic nitrogens is 2. The van der Waals surface area contributed by atoms with Crippen molar-refractivity contribution in [3.8, 4) is 0 Å². The zero-order valence-electron chi connectivity index (χ0n) is 13.0. The molecular weight excluding hydrogens is 320 g/mol. The molecule has 0 atom stereocenters. The summed E-state index contributed by atoms with van der Waals surface area (Å²) >= 11 is 3.36. The number of rotatable bonds is 7. The number of hydrogen-bond donors (Lipinski definition) is 1. The Labute approximate surface area is 129 Å². The van der Waals surface area contributed by atoms with E-state index in [1.165, 1.54) is 4.68 Å². The maximum Gasteiger partial charge on any atom is 0.283 e. The Hall–Kier alpha value is -0.880. The molecule has 20 heavy (non-hydrogen) atoms. The van der Waals surface area contributed by atoms with E-state index in [2.05, 4.69) is 52.1 Å². The van der Waals surface area contributed by atoms with Crippen molar-refractivity contribution in [1.82, 2.24) is 14.7 Å². The van der Waals surface area contributed by atoms with E-state index in [0.29, 0.717) is 10.5 Å². The Morgan fingerprint density at radius 2 is 2.05 bits per heavy atom. The first kappa shape index (κ1) is 17.2. The summed E-state index contributed by atoms with van der Waals surface area (Å²) in [5.41, 5.74) is 0.670. The van der Waals surface area contributed by atoms with Crippen molar-refractivity contribution in [1.29, 1.82) is 0 Å². The lowest BCUT2D eigenvalue weighted by atomic mass is 10.3.